The Kier molecular flexibility index (Phi) is 2.65. The average Bonchev–Trinajstić information content (AvgIpc) is 3.01. The van der Waals surface area contributed by atoms with Crippen LogP contribution in [-0.2, 0) is 28.4 Å². The maximum atomic E-state index is 11.7. The molecule has 0 atom stereocenters. The van der Waals surface area contributed by atoms with Gasteiger partial charge in [-0.3, -0.25) is 0 Å². The molecule has 1 N–H and O–H groups in total. The van der Waals surface area contributed by atoms with Crippen molar-refractivity contribution in [3.05, 3.63) is 34.3 Å². The van der Waals surface area contributed by atoms with E-state index in [0.29, 0.717) is 6.42 Å². The number of aryl methyl sites for hydroxylation is 1. The highest BCUT2D eigenvalue weighted by Crippen LogP contribution is 2.34. The van der Waals surface area contributed by atoms with E-state index in [2.05, 4.69) is 28.5 Å². The highest BCUT2D eigenvalue weighted by Gasteiger charge is 2.25. The Balaban J connectivity index is 1.75. The number of aromatic nitrogens is 1. The van der Waals surface area contributed by atoms with Crippen LogP contribution in [-0.4, -0.2) is 25.7 Å². The van der Waals surface area contributed by atoms with Gasteiger partial charge in [0, 0.05) is 29.1 Å². The summed E-state index contributed by atoms with van der Waals surface area (Å²) in [6.45, 7) is 0.991. The number of hydrogen-bond acceptors (Lipinski definition) is 5. The van der Waals surface area contributed by atoms with Gasteiger partial charge in [-0.15, -0.1) is 11.3 Å². The number of sulfone groups is 1. The lowest BCUT2D eigenvalue weighted by molar-refractivity contribution is 0.591. The van der Waals surface area contributed by atoms with Crippen LogP contribution in [0.3, 0.4) is 0 Å². The van der Waals surface area contributed by atoms with Gasteiger partial charge in [-0.25, -0.2) is 13.4 Å². The molecule has 0 fully saturated rings. The molecule has 20 heavy (non-hydrogen) atoms. The average molecular weight is 306 g/mol. The molecule has 1 aromatic heterocycles. The minimum Gasteiger partial charge on any atom is -0.384 e. The van der Waals surface area contributed by atoms with E-state index < -0.39 is 9.84 Å². The molecule has 1 aromatic carbocycles. The van der Waals surface area contributed by atoms with Crippen LogP contribution in [0.25, 0.3) is 10.6 Å². The fraction of sp³-hybridized carbons (Fsp3) is 0.357. The van der Waals surface area contributed by atoms with E-state index in [1.807, 2.05) is 0 Å². The lowest BCUT2D eigenvalue weighted by Crippen LogP contribution is -2.17. The van der Waals surface area contributed by atoms with E-state index in [0.717, 1.165) is 34.1 Å². The van der Waals surface area contributed by atoms with E-state index in [9.17, 15) is 8.42 Å². The summed E-state index contributed by atoms with van der Waals surface area (Å²) in [4.78, 5) is 5.57. The molecule has 104 valence electrons. The molecule has 0 saturated heterocycles. The van der Waals surface area contributed by atoms with E-state index in [1.165, 1.54) is 22.6 Å². The number of benzene rings is 1. The smallest absolute Gasteiger partial charge is 0.155 e. The van der Waals surface area contributed by atoms with Gasteiger partial charge in [0.15, 0.2) is 9.84 Å². The van der Waals surface area contributed by atoms with Gasteiger partial charge in [-0.05, 0) is 30.2 Å². The summed E-state index contributed by atoms with van der Waals surface area (Å²) in [5.74, 6) is 0.393. The second-order valence-electron chi connectivity index (χ2n) is 5.28. The van der Waals surface area contributed by atoms with Crippen LogP contribution in [0.5, 0.6) is 0 Å². The Bertz CT molecular complexity index is 794. The normalized spacial score (nSPS) is 19.2. The Morgan fingerprint density at radius 3 is 3.05 bits per heavy atom. The van der Waals surface area contributed by atoms with Crippen molar-refractivity contribution in [1.82, 2.24) is 4.98 Å². The Hall–Kier alpha value is -1.40. The highest BCUT2D eigenvalue weighted by molar-refractivity contribution is 7.90. The number of hydrogen-bond donors (Lipinski definition) is 1. The first-order valence-corrected chi connectivity index (χ1v) is 9.31. The molecular weight excluding hydrogens is 292 g/mol. The summed E-state index contributed by atoms with van der Waals surface area (Å²) in [6.07, 6.45) is 1.60. The number of thiazole rings is 1. The van der Waals surface area contributed by atoms with Gasteiger partial charge >= 0.3 is 0 Å². The quantitative estimate of drug-likeness (QED) is 0.878. The largest absolute Gasteiger partial charge is 0.384 e. The van der Waals surface area contributed by atoms with Gasteiger partial charge in [0.05, 0.1) is 17.2 Å². The third-order valence-corrected chi connectivity index (χ3v) is 6.73. The van der Waals surface area contributed by atoms with E-state index >= 15 is 0 Å². The lowest BCUT2D eigenvalue weighted by atomic mass is 10.1. The molecule has 6 heteroatoms. The Labute approximate surface area is 121 Å². The minimum atomic E-state index is -2.91. The Morgan fingerprint density at radius 1 is 1.25 bits per heavy atom. The molecule has 0 amide bonds. The predicted molar refractivity (Wildman–Crippen MR) is 80.9 cm³/mol. The standard InChI is InChI=1S/C14H14N2O2S2/c17-20(18)6-4-12-13(8-20)19-14(16-12)10-1-2-11-9(7-10)3-5-15-11/h1-2,7,15H,3-6,8H2. The SMILES string of the molecule is O=S1(=O)CCc2nc(-c3ccc4c(c3)CCN4)sc2C1. The molecule has 0 aliphatic carbocycles. The fourth-order valence-corrected chi connectivity index (χ4v) is 5.67. The molecule has 0 radical (unpaired) electrons. The zero-order valence-electron chi connectivity index (χ0n) is 10.8. The van der Waals surface area contributed by atoms with E-state index in [4.69, 9.17) is 0 Å². The maximum Gasteiger partial charge on any atom is 0.155 e. The van der Waals surface area contributed by atoms with Crippen LogP contribution in [0.1, 0.15) is 16.1 Å². The molecule has 0 bridgehead atoms. The van der Waals surface area contributed by atoms with Gasteiger partial charge in [0.1, 0.15) is 5.01 Å². The van der Waals surface area contributed by atoms with Gasteiger partial charge in [-0.2, -0.15) is 0 Å². The number of anilines is 1. The van der Waals surface area contributed by atoms with Gasteiger partial charge in [-0.1, -0.05) is 0 Å². The molecule has 4 nitrogen and oxygen atoms in total. The summed E-state index contributed by atoms with van der Waals surface area (Å²) >= 11 is 1.53. The first-order chi connectivity index (χ1) is 9.61. The van der Waals surface area contributed by atoms with Crippen LogP contribution in [0.4, 0.5) is 5.69 Å². The topological polar surface area (TPSA) is 59.1 Å². The molecule has 4 rings (SSSR count). The van der Waals surface area contributed by atoms with Crippen molar-refractivity contribution in [3.63, 3.8) is 0 Å². The second-order valence-corrected chi connectivity index (χ2v) is 8.55. The summed E-state index contributed by atoms with van der Waals surface area (Å²) in [6, 6.07) is 6.33. The van der Waals surface area contributed by atoms with E-state index in [1.54, 1.807) is 0 Å². The summed E-state index contributed by atoms with van der Waals surface area (Å²) in [5.41, 5.74) is 4.60. The molecule has 2 aliphatic heterocycles. The van der Waals surface area contributed by atoms with Crippen LogP contribution in [0.2, 0.25) is 0 Å². The van der Waals surface area contributed by atoms with Gasteiger partial charge in [0.2, 0.25) is 0 Å². The third-order valence-electron chi connectivity index (χ3n) is 3.84. The summed E-state index contributed by atoms with van der Waals surface area (Å²) < 4.78 is 23.4. The van der Waals surface area contributed by atoms with Crippen LogP contribution >= 0.6 is 11.3 Å². The van der Waals surface area contributed by atoms with Crippen molar-refractivity contribution in [2.75, 3.05) is 17.6 Å². The molecule has 0 spiro atoms. The predicted octanol–water partition coefficient (Wildman–Crippen LogP) is 2.25. The Morgan fingerprint density at radius 2 is 2.15 bits per heavy atom. The second kappa shape index (κ2) is 4.30. The maximum absolute atomic E-state index is 11.7. The van der Waals surface area contributed by atoms with Gasteiger partial charge < -0.3 is 5.32 Å². The summed E-state index contributed by atoms with van der Waals surface area (Å²) in [5, 5.41) is 4.29. The number of nitrogens with one attached hydrogen (secondary N) is 1. The van der Waals surface area contributed by atoms with Crippen molar-refractivity contribution in [1.29, 1.82) is 0 Å². The molecule has 3 heterocycles. The van der Waals surface area contributed by atoms with Crippen molar-refractivity contribution in [2.24, 2.45) is 0 Å². The van der Waals surface area contributed by atoms with Crippen LogP contribution < -0.4 is 5.32 Å². The van der Waals surface area contributed by atoms with Crippen molar-refractivity contribution in [2.45, 2.75) is 18.6 Å². The summed E-state index contributed by atoms with van der Waals surface area (Å²) in [7, 11) is -2.91. The minimum absolute atomic E-state index is 0.159. The highest BCUT2D eigenvalue weighted by atomic mass is 32.2. The molecule has 2 aliphatic rings. The molecule has 2 aromatic rings. The molecule has 0 unspecified atom stereocenters. The van der Waals surface area contributed by atoms with Gasteiger partial charge in [0.25, 0.3) is 0 Å². The number of nitrogens with zero attached hydrogens (tertiary/aromatic N) is 1. The monoisotopic (exact) mass is 306 g/mol. The fourth-order valence-electron chi connectivity index (χ4n) is 2.78. The molecular formula is C14H14N2O2S2. The third kappa shape index (κ3) is 2.03. The van der Waals surface area contributed by atoms with Crippen molar-refractivity contribution < 1.29 is 8.42 Å². The first-order valence-electron chi connectivity index (χ1n) is 6.67. The van der Waals surface area contributed by atoms with Crippen molar-refractivity contribution in [3.8, 4) is 10.6 Å². The first kappa shape index (κ1) is 12.3. The zero-order valence-corrected chi connectivity index (χ0v) is 12.5. The lowest BCUT2D eigenvalue weighted by Gasteiger charge is -2.09. The number of fused-ring (bicyclic) bond motifs is 2. The van der Waals surface area contributed by atoms with Crippen molar-refractivity contribution >= 4 is 26.9 Å². The van der Waals surface area contributed by atoms with Crippen LogP contribution in [0, 0.1) is 0 Å². The zero-order chi connectivity index (χ0) is 13.7. The van der Waals surface area contributed by atoms with E-state index in [-0.39, 0.29) is 11.5 Å². The number of rotatable bonds is 1. The van der Waals surface area contributed by atoms with Crippen LogP contribution in [0.15, 0.2) is 18.2 Å². The molecule has 0 saturated carbocycles.